The van der Waals surface area contributed by atoms with Gasteiger partial charge in [0, 0.05) is 23.5 Å². The summed E-state index contributed by atoms with van der Waals surface area (Å²) in [6, 6.07) is 5.95. The molecule has 0 aliphatic carbocycles. The van der Waals surface area contributed by atoms with Crippen molar-refractivity contribution in [2.75, 3.05) is 31.6 Å². The summed E-state index contributed by atoms with van der Waals surface area (Å²) >= 11 is 1.49. The summed E-state index contributed by atoms with van der Waals surface area (Å²) in [5.41, 5.74) is 4.27. The number of carbonyl (C=O) groups is 2. The molecule has 2 aromatic rings. The largest absolute Gasteiger partial charge is 0.378 e. The molecule has 1 aromatic heterocycles. The van der Waals surface area contributed by atoms with E-state index in [1.165, 1.54) is 11.3 Å². The van der Waals surface area contributed by atoms with Gasteiger partial charge in [-0.3, -0.25) is 9.59 Å². The Balaban J connectivity index is 1.92. The molecular weight excluding hydrogens is 372 g/mol. The van der Waals surface area contributed by atoms with Crippen molar-refractivity contribution < 1.29 is 14.3 Å². The van der Waals surface area contributed by atoms with Crippen molar-refractivity contribution in [2.45, 2.75) is 40.5 Å². The van der Waals surface area contributed by atoms with Crippen LogP contribution in [0, 0.1) is 20.8 Å². The minimum absolute atomic E-state index is 0.0425. The van der Waals surface area contributed by atoms with Gasteiger partial charge in [0.25, 0.3) is 11.8 Å². The van der Waals surface area contributed by atoms with Crippen LogP contribution >= 0.6 is 11.3 Å². The van der Waals surface area contributed by atoms with E-state index < -0.39 is 0 Å². The van der Waals surface area contributed by atoms with Crippen molar-refractivity contribution in [3.63, 3.8) is 0 Å². The Bertz CT molecular complexity index is 872. The minimum Gasteiger partial charge on any atom is -0.378 e. The zero-order valence-corrected chi connectivity index (χ0v) is 18.0. The number of anilines is 1. The molecule has 150 valence electrons. The van der Waals surface area contributed by atoms with Crippen LogP contribution in [0.1, 0.15) is 62.0 Å². The predicted molar refractivity (Wildman–Crippen MR) is 114 cm³/mol. The number of rotatable bonds is 4. The third-order valence-electron chi connectivity index (χ3n) is 4.98. The third kappa shape index (κ3) is 4.28. The van der Waals surface area contributed by atoms with Crippen molar-refractivity contribution in [2.24, 2.45) is 0 Å². The Morgan fingerprint density at radius 1 is 1.07 bits per heavy atom. The topological polar surface area (TPSA) is 58.6 Å². The molecule has 2 amide bonds. The van der Waals surface area contributed by atoms with Crippen molar-refractivity contribution in [1.82, 2.24) is 4.90 Å². The summed E-state index contributed by atoms with van der Waals surface area (Å²) in [6.45, 7) is 12.4. The quantitative estimate of drug-likeness (QED) is 0.821. The Morgan fingerprint density at radius 3 is 2.25 bits per heavy atom. The molecular formula is C22H28N2O3S. The number of thiophene rings is 1. The smallest absolute Gasteiger partial charge is 0.257 e. The summed E-state index contributed by atoms with van der Waals surface area (Å²) in [7, 11) is 0. The number of benzene rings is 1. The van der Waals surface area contributed by atoms with Gasteiger partial charge in [0.1, 0.15) is 5.00 Å². The maximum Gasteiger partial charge on any atom is 0.257 e. The summed E-state index contributed by atoms with van der Waals surface area (Å²) in [5, 5.41) is 3.65. The monoisotopic (exact) mass is 400 g/mol. The molecule has 28 heavy (non-hydrogen) atoms. The lowest BCUT2D eigenvalue weighted by Crippen LogP contribution is -2.40. The molecule has 6 heteroatoms. The zero-order valence-electron chi connectivity index (χ0n) is 17.2. The van der Waals surface area contributed by atoms with E-state index in [-0.39, 0.29) is 17.7 Å². The minimum atomic E-state index is -0.164. The van der Waals surface area contributed by atoms with E-state index in [1.807, 2.05) is 39.0 Å². The molecule has 0 atom stereocenters. The number of ether oxygens (including phenoxy) is 1. The fraction of sp³-hybridized carbons (Fsp3) is 0.455. The molecule has 3 rings (SSSR count). The predicted octanol–water partition coefficient (Wildman–Crippen LogP) is 4.52. The second-order valence-electron chi connectivity index (χ2n) is 7.68. The van der Waals surface area contributed by atoms with Gasteiger partial charge in [0.15, 0.2) is 0 Å². The normalized spacial score (nSPS) is 14.4. The number of aryl methyl sites for hydroxylation is 3. The first kappa shape index (κ1) is 20.6. The maximum absolute atomic E-state index is 13.1. The van der Waals surface area contributed by atoms with Crippen LogP contribution in [-0.2, 0) is 4.74 Å². The molecule has 5 nitrogen and oxygen atoms in total. The van der Waals surface area contributed by atoms with Gasteiger partial charge in [-0.2, -0.15) is 0 Å². The van der Waals surface area contributed by atoms with E-state index in [4.69, 9.17) is 4.74 Å². The molecule has 1 aromatic carbocycles. The van der Waals surface area contributed by atoms with Crippen molar-refractivity contribution in [3.8, 4) is 0 Å². The van der Waals surface area contributed by atoms with Crippen LogP contribution in [-0.4, -0.2) is 43.0 Å². The lowest BCUT2D eigenvalue weighted by molar-refractivity contribution is 0.0304. The molecule has 1 aliphatic heterocycles. The van der Waals surface area contributed by atoms with E-state index in [0.29, 0.717) is 42.4 Å². The summed E-state index contributed by atoms with van der Waals surface area (Å²) in [4.78, 5) is 29.0. The number of morpholine rings is 1. The fourth-order valence-electron chi connectivity index (χ4n) is 3.59. The Hall–Kier alpha value is -2.18. The highest BCUT2D eigenvalue weighted by molar-refractivity contribution is 7.16. The van der Waals surface area contributed by atoms with Crippen LogP contribution in [0.3, 0.4) is 0 Å². The number of hydrogen-bond donors (Lipinski definition) is 1. The van der Waals surface area contributed by atoms with Gasteiger partial charge < -0.3 is 15.0 Å². The number of nitrogens with one attached hydrogen (secondary N) is 1. The Morgan fingerprint density at radius 2 is 1.68 bits per heavy atom. The summed E-state index contributed by atoms with van der Waals surface area (Å²) in [5.74, 6) is 0.0806. The van der Waals surface area contributed by atoms with Crippen LogP contribution in [0.4, 0.5) is 5.00 Å². The van der Waals surface area contributed by atoms with Gasteiger partial charge in [-0.1, -0.05) is 31.5 Å². The van der Waals surface area contributed by atoms with Crippen LogP contribution in [0.5, 0.6) is 0 Å². The van der Waals surface area contributed by atoms with E-state index in [1.54, 1.807) is 4.90 Å². The highest BCUT2D eigenvalue weighted by Gasteiger charge is 2.25. The Labute approximate surface area is 170 Å². The average molecular weight is 401 g/mol. The summed E-state index contributed by atoms with van der Waals surface area (Å²) in [6.07, 6.45) is 0. The second-order valence-corrected chi connectivity index (χ2v) is 8.76. The van der Waals surface area contributed by atoms with Gasteiger partial charge in [-0.25, -0.2) is 0 Å². The number of amides is 2. The lowest BCUT2D eigenvalue weighted by atomic mass is 9.99. The molecule has 0 radical (unpaired) electrons. The molecule has 0 unspecified atom stereocenters. The van der Waals surface area contributed by atoms with Crippen LogP contribution in [0.2, 0.25) is 0 Å². The molecule has 0 bridgehead atoms. The van der Waals surface area contributed by atoms with Crippen molar-refractivity contribution in [3.05, 3.63) is 50.9 Å². The number of nitrogens with zero attached hydrogens (tertiary/aromatic N) is 1. The van der Waals surface area contributed by atoms with Crippen LogP contribution < -0.4 is 5.32 Å². The van der Waals surface area contributed by atoms with E-state index in [2.05, 4.69) is 19.2 Å². The van der Waals surface area contributed by atoms with Crippen LogP contribution in [0.25, 0.3) is 0 Å². The van der Waals surface area contributed by atoms with Gasteiger partial charge in [-0.05, 0) is 43.9 Å². The van der Waals surface area contributed by atoms with E-state index >= 15 is 0 Å². The molecule has 0 spiro atoms. The molecule has 2 heterocycles. The fourth-order valence-corrected chi connectivity index (χ4v) is 4.64. The molecule has 1 aliphatic rings. The lowest BCUT2D eigenvalue weighted by Gasteiger charge is -2.27. The second kappa shape index (κ2) is 8.45. The first-order valence-electron chi connectivity index (χ1n) is 9.68. The van der Waals surface area contributed by atoms with Crippen LogP contribution in [0.15, 0.2) is 18.2 Å². The number of hydrogen-bond acceptors (Lipinski definition) is 4. The third-order valence-corrected chi connectivity index (χ3v) is 6.33. The van der Waals surface area contributed by atoms with Gasteiger partial charge in [0.2, 0.25) is 0 Å². The maximum atomic E-state index is 13.1. The average Bonchev–Trinajstić information content (AvgIpc) is 3.05. The SMILES string of the molecule is Cc1cc(C)c(C(=O)Nc2sc(C(C)C)cc2C(=O)N2CCOCC2)c(C)c1. The summed E-state index contributed by atoms with van der Waals surface area (Å²) < 4.78 is 5.36. The highest BCUT2D eigenvalue weighted by atomic mass is 32.1. The highest BCUT2D eigenvalue weighted by Crippen LogP contribution is 2.34. The van der Waals surface area contributed by atoms with Gasteiger partial charge in [0.05, 0.1) is 18.8 Å². The first-order valence-corrected chi connectivity index (χ1v) is 10.5. The first-order chi connectivity index (χ1) is 13.3. The van der Waals surface area contributed by atoms with Gasteiger partial charge in [-0.15, -0.1) is 11.3 Å². The van der Waals surface area contributed by atoms with Crippen molar-refractivity contribution in [1.29, 1.82) is 0 Å². The van der Waals surface area contributed by atoms with E-state index in [9.17, 15) is 9.59 Å². The van der Waals surface area contributed by atoms with Crippen molar-refractivity contribution >= 4 is 28.2 Å². The molecule has 1 fully saturated rings. The number of carbonyl (C=O) groups excluding carboxylic acids is 2. The Kier molecular flexibility index (Phi) is 6.20. The molecule has 0 saturated carbocycles. The molecule has 1 saturated heterocycles. The van der Waals surface area contributed by atoms with Gasteiger partial charge >= 0.3 is 0 Å². The standard InChI is InChI=1S/C22H28N2O3S/c1-13(2)18-12-17(22(26)24-6-8-27-9-7-24)21(28-18)23-20(25)19-15(4)10-14(3)11-16(19)5/h10-13H,6-9H2,1-5H3,(H,23,25). The van der Waals surface area contributed by atoms with E-state index in [0.717, 1.165) is 21.6 Å². The molecule has 1 N–H and O–H groups in total. The zero-order chi connectivity index (χ0) is 20.4.